The van der Waals surface area contributed by atoms with Crippen LogP contribution in [0.3, 0.4) is 0 Å². The molecule has 156 valence electrons. The Labute approximate surface area is 171 Å². The summed E-state index contributed by atoms with van der Waals surface area (Å²) in [7, 11) is 0. The molecule has 7 nitrogen and oxygen atoms in total. The maximum Gasteiger partial charge on any atom is 0.252 e. The van der Waals surface area contributed by atoms with E-state index < -0.39 is 6.04 Å². The first-order chi connectivity index (χ1) is 13.9. The van der Waals surface area contributed by atoms with Gasteiger partial charge in [-0.15, -0.1) is 0 Å². The van der Waals surface area contributed by atoms with Crippen molar-refractivity contribution in [2.45, 2.75) is 58.7 Å². The molecular weight excluding hydrogens is 368 g/mol. The number of nitrogens with one attached hydrogen (secondary N) is 2. The zero-order chi connectivity index (χ0) is 20.8. The Balaban J connectivity index is 1.63. The zero-order valence-corrected chi connectivity index (χ0v) is 17.4. The predicted molar refractivity (Wildman–Crippen MR) is 112 cm³/mol. The summed E-state index contributed by atoms with van der Waals surface area (Å²) >= 11 is 0. The van der Waals surface area contributed by atoms with Crippen molar-refractivity contribution in [1.29, 1.82) is 0 Å². The SMILES string of the molecule is Cc1ccccc1C(=O)NC(CC(C)C)C(=O)Nc1cnn(CC2CCCO2)c1. The van der Waals surface area contributed by atoms with Crippen LogP contribution in [0.4, 0.5) is 5.69 Å². The van der Waals surface area contributed by atoms with Gasteiger partial charge in [0.05, 0.1) is 24.5 Å². The number of amides is 2. The van der Waals surface area contributed by atoms with Crippen molar-refractivity contribution >= 4 is 17.5 Å². The lowest BCUT2D eigenvalue weighted by Gasteiger charge is -2.20. The van der Waals surface area contributed by atoms with Gasteiger partial charge in [0.1, 0.15) is 6.04 Å². The number of nitrogens with zero attached hydrogens (tertiary/aromatic N) is 2. The minimum absolute atomic E-state index is 0.181. The highest BCUT2D eigenvalue weighted by Crippen LogP contribution is 2.16. The third-order valence-electron chi connectivity index (χ3n) is 5.03. The number of benzene rings is 1. The largest absolute Gasteiger partial charge is 0.376 e. The molecule has 2 heterocycles. The van der Waals surface area contributed by atoms with Gasteiger partial charge in [-0.1, -0.05) is 32.0 Å². The smallest absolute Gasteiger partial charge is 0.252 e. The fourth-order valence-corrected chi connectivity index (χ4v) is 3.52. The van der Waals surface area contributed by atoms with Crippen LogP contribution in [0.1, 0.15) is 49.0 Å². The van der Waals surface area contributed by atoms with E-state index in [0.717, 1.165) is 25.0 Å². The van der Waals surface area contributed by atoms with E-state index in [0.29, 0.717) is 24.2 Å². The van der Waals surface area contributed by atoms with E-state index in [2.05, 4.69) is 15.7 Å². The maximum absolute atomic E-state index is 12.9. The van der Waals surface area contributed by atoms with Crippen molar-refractivity contribution < 1.29 is 14.3 Å². The molecule has 7 heteroatoms. The molecule has 2 atom stereocenters. The van der Waals surface area contributed by atoms with Gasteiger partial charge in [-0.3, -0.25) is 14.3 Å². The van der Waals surface area contributed by atoms with Crippen LogP contribution in [-0.4, -0.2) is 40.3 Å². The number of hydrogen-bond acceptors (Lipinski definition) is 4. The summed E-state index contributed by atoms with van der Waals surface area (Å²) in [6.45, 7) is 7.41. The number of aryl methyl sites for hydroxylation is 1. The molecule has 1 aromatic carbocycles. The van der Waals surface area contributed by atoms with Crippen LogP contribution in [-0.2, 0) is 16.1 Å². The topological polar surface area (TPSA) is 85.3 Å². The average Bonchev–Trinajstić information content (AvgIpc) is 3.33. The van der Waals surface area contributed by atoms with Crippen LogP contribution in [0.15, 0.2) is 36.7 Å². The molecule has 2 aromatic rings. The van der Waals surface area contributed by atoms with Gasteiger partial charge in [-0.2, -0.15) is 5.10 Å². The monoisotopic (exact) mass is 398 g/mol. The Hall–Kier alpha value is -2.67. The molecule has 0 radical (unpaired) electrons. The number of anilines is 1. The standard InChI is InChI=1S/C22H30N4O3/c1-15(2)11-20(25-21(27)19-9-5-4-7-16(19)3)22(28)24-17-12-23-26(13-17)14-18-8-6-10-29-18/h4-5,7,9,12-13,15,18,20H,6,8,10-11,14H2,1-3H3,(H,24,28)(H,25,27). The van der Waals surface area contributed by atoms with E-state index in [1.807, 2.05) is 39.0 Å². The van der Waals surface area contributed by atoms with Gasteiger partial charge in [0.15, 0.2) is 0 Å². The number of rotatable bonds is 8. The normalized spacial score (nSPS) is 17.3. The first-order valence-electron chi connectivity index (χ1n) is 10.2. The molecule has 0 bridgehead atoms. The first kappa shape index (κ1) is 21.0. The third kappa shape index (κ3) is 5.90. The molecule has 1 aliphatic rings. The average molecular weight is 399 g/mol. The van der Waals surface area contributed by atoms with Gasteiger partial charge in [0, 0.05) is 18.4 Å². The second kappa shape index (κ2) is 9.69. The molecule has 2 unspecified atom stereocenters. The van der Waals surface area contributed by atoms with Gasteiger partial charge >= 0.3 is 0 Å². The molecule has 1 aliphatic heterocycles. The van der Waals surface area contributed by atoms with Crippen molar-refractivity contribution in [2.24, 2.45) is 5.92 Å². The van der Waals surface area contributed by atoms with Gasteiger partial charge < -0.3 is 15.4 Å². The van der Waals surface area contributed by atoms with Crippen molar-refractivity contribution in [3.8, 4) is 0 Å². The van der Waals surface area contributed by atoms with Crippen molar-refractivity contribution in [3.05, 3.63) is 47.8 Å². The van der Waals surface area contributed by atoms with E-state index in [-0.39, 0.29) is 23.8 Å². The fraction of sp³-hybridized carbons (Fsp3) is 0.500. The Morgan fingerprint density at radius 2 is 2.10 bits per heavy atom. The van der Waals surface area contributed by atoms with Crippen LogP contribution >= 0.6 is 0 Å². The quantitative estimate of drug-likeness (QED) is 0.715. The van der Waals surface area contributed by atoms with E-state index >= 15 is 0 Å². The molecule has 2 N–H and O–H groups in total. The van der Waals surface area contributed by atoms with Crippen molar-refractivity contribution in [2.75, 3.05) is 11.9 Å². The van der Waals surface area contributed by atoms with Crippen LogP contribution in [0.2, 0.25) is 0 Å². The number of carbonyl (C=O) groups excluding carboxylic acids is 2. The minimum Gasteiger partial charge on any atom is -0.376 e. The molecule has 0 aliphatic carbocycles. The molecule has 1 aromatic heterocycles. The Morgan fingerprint density at radius 1 is 1.31 bits per heavy atom. The number of carbonyl (C=O) groups is 2. The van der Waals surface area contributed by atoms with E-state index in [1.165, 1.54) is 0 Å². The summed E-state index contributed by atoms with van der Waals surface area (Å²) in [4.78, 5) is 25.6. The maximum atomic E-state index is 12.9. The fourth-order valence-electron chi connectivity index (χ4n) is 3.52. The number of aromatic nitrogens is 2. The summed E-state index contributed by atoms with van der Waals surface area (Å²) in [5.41, 5.74) is 2.08. The van der Waals surface area contributed by atoms with Crippen LogP contribution in [0, 0.1) is 12.8 Å². The molecule has 29 heavy (non-hydrogen) atoms. The van der Waals surface area contributed by atoms with Crippen molar-refractivity contribution in [3.63, 3.8) is 0 Å². The molecule has 0 saturated carbocycles. The molecule has 3 rings (SSSR count). The first-order valence-corrected chi connectivity index (χ1v) is 10.2. The van der Waals surface area contributed by atoms with Crippen LogP contribution in [0.5, 0.6) is 0 Å². The minimum atomic E-state index is -0.622. The zero-order valence-electron chi connectivity index (χ0n) is 17.4. The summed E-state index contributed by atoms with van der Waals surface area (Å²) in [5, 5.41) is 10.1. The lowest BCUT2D eigenvalue weighted by molar-refractivity contribution is -0.118. The van der Waals surface area contributed by atoms with E-state index in [1.54, 1.807) is 23.1 Å². The van der Waals surface area contributed by atoms with Crippen LogP contribution < -0.4 is 10.6 Å². The highest BCUT2D eigenvalue weighted by Gasteiger charge is 2.24. The molecule has 1 fully saturated rings. The number of ether oxygens (including phenoxy) is 1. The molecule has 0 spiro atoms. The summed E-state index contributed by atoms with van der Waals surface area (Å²) in [6.07, 6.45) is 6.27. The Morgan fingerprint density at radius 3 is 2.79 bits per heavy atom. The lowest BCUT2D eigenvalue weighted by atomic mass is 10.0. The Kier molecular flexibility index (Phi) is 7.04. The Bertz CT molecular complexity index is 840. The second-order valence-corrected chi connectivity index (χ2v) is 8.05. The highest BCUT2D eigenvalue weighted by atomic mass is 16.5. The van der Waals surface area contributed by atoms with Gasteiger partial charge in [-0.25, -0.2) is 0 Å². The predicted octanol–water partition coefficient (Wildman–Crippen LogP) is 3.15. The number of hydrogen-bond donors (Lipinski definition) is 2. The lowest BCUT2D eigenvalue weighted by Crippen LogP contribution is -2.44. The second-order valence-electron chi connectivity index (χ2n) is 8.05. The molecule has 1 saturated heterocycles. The summed E-state index contributed by atoms with van der Waals surface area (Å²) in [5.74, 6) is -0.222. The van der Waals surface area contributed by atoms with Gasteiger partial charge in [0.25, 0.3) is 5.91 Å². The summed E-state index contributed by atoms with van der Waals surface area (Å²) in [6, 6.07) is 6.74. The van der Waals surface area contributed by atoms with Gasteiger partial charge in [0.2, 0.25) is 5.91 Å². The van der Waals surface area contributed by atoms with E-state index in [9.17, 15) is 9.59 Å². The molecule has 2 amide bonds. The van der Waals surface area contributed by atoms with Crippen molar-refractivity contribution in [1.82, 2.24) is 15.1 Å². The third-order valence-corrected chi connectivity index (χ3v) is 5.03. The summed E-state index contributed by atoms with van der Waals surface area (Å²) < 4.78 is 7.42. The van der Waals surface area contributed by atoms with Crippen LogP contribution in [0.25, 0.3) is 0 Å². The van der Waals surface area contributed by atoms with Gasteiger partial charge in [-0.05, 0) is 43.7 Å². The highest BCUT2D eigenvalue weighted by molar-refractivity contribution is 6.01. The molecular formula is C22H30N4O3. The van der Waals surface area contributed by atoms with E-state index in [4.69, 9.17) is 4.74 Å².